The Morgan fingerprint density at radius 3 is 1.92 bits per heavy atom. The van der Waals surface area contributed by atoms with Crippen LogP contribution >= 0.6 is 0 Å². The molecule has 0 aliphatic rings. The average Bonchev–Trinajstić information content (AvgIpc) is 2.52. The highest BCUT2D eigenvalue weighted by atomic mass is 16.6. The van der Waals surface area contributed by atoms with Crippen LogP contribution < -0.4 is 11.1 Å². The maximum atomic E-state index is 10.4. The highest BCUT2D eigenvalue weighted by Gasteiger charge is 2.13. The maximum Gasteiger partial charge on any atom is 0.296 e. The highest BCUT2D eigenvalue weighted by Crippen LogP contribution is 2.27. The Kier molecular flexibility index (Phi) is 6.00. The lowest BCUT2D eigenvalue weighted by Gasteiger charge is -2.00. The fourth-order valence-corrected chi connectivity index (χ4v) is 1.55. The van der Waals surface area contributed by atoms with Crippen LogP contribution in [0, 0.1) is 20.2 Å². The van der Waals surface area contributed by atoms with Crippen molar-refractivity contribution in [3.63, 3.8) is 0 Å². The van der Waals surface area contributed by atoms with Crippen LogP contribution in [0.25, 0.3) is 0 Å². The van der Waals surface area contributed by atoms with E-state index in [-0.39, 0.29) is 34.2 Å². The zero-order chi connectivity index (χ0) is 18.3. The van der Waals surface area contributed by atoms with Crippen LogP contribution in [-0.4, -0.2) is 26.5 Å². The summed E-state index contributed by atoms with van der Waals surface area (Å²) in [6.45, 7) is 0. The normalized spacial score (nSPS) is 9.33. The first-order valence-corrected chi connectivity index (χ1v) is 6.16. The molecule has 0 atom stereocenters. The van der Waals surface area contributed by atoms with E-state index in [4.69, 9.17) is 15.9 Å². The molecular formula is C13H12N4O7. The lowest BCUT2D eigenvalue weighted by Crippen LogP contribution is -1.98. The van der Waals surface area contributed by atoms with E-state index in [1.807, 2.05) is 0 Å². The third-order valence-electron chi connectivity index (χ3n) is 2.60. The molecule has 0 spiro atoms. The summed E-state index contributed by atoms with van der Waals surface area (Å²) in [6.07, 6.45) is 0.333. The molecule has 5 N–H and O–H groups in total. The molecule has 0 unspecified atom stereocenters. The standard InChI is InChI=1S/C7H6N2O4.C6H6N2O3/c10-4-8-6-2-1-5(11)3-7(6)9(12)13;7-5-2-1-4(9)3-6(5)8(10)11/h1-4,11H,(H,8,10);1-3,9H,7H2. The highest BCUT2D eigenvalue weighted by molar-refractivity contribution is 5.78. The Morgan fingerprint density at radius 2 is 1.46 bits per heavy atom. The molecule has 2 aromatic rings. The van der Waals surface area contributed by atoms with Gasteiger partial charge in [0.2, 0.25) is 6.41 Å². The number of rotatable bonds is 4. The number of anilines is 2. The number of nitro benzene ring substituents is 2. The van der Waals surface area contributed by atoms with E-state index >= 15 is 0 Å². The summed E-state index contributed by atoms with van der Waals surface area (Å²) < 4.78 is 0. The quantitative estimate of drug-likeness (QED) is 0.214. The molecule has 0 heterocycles. The van der Waals surface area contributed by atoms with Gasteiger partial charge in [0.05, 0.1) is 22.0 Å². The molecule has 2 aromatic carbocycles. The summed E-state index contributed by atoms with van der Waals surface area (Å²) in [6, 6.07) is 7.05. The number of hydrogen-bond donors (Lipinski definition) is 4. The fraction of sp³-hybridized carbons (Fsp3) is 0. The minimum absolute atomic E-state index is 0.0489. The zero-order valence-corrected chi connectivity index (χ0v) is 11.9. The Bertz CT molecular complexity index is 779. The van der Waals surface area contributed by atoms with Gasteiger partial charge in [0.1, 0.15) is 22.9 Å². The molecule has 0 aliphatic heterocycles. The smallest absolute Gasteiger partial charge is 0.296 e. The number of benzene rings is 2. The van der Waals surface area contributed by atoms with Crippen LogP contribution in [0.4, 0.5) is 22.7 Å². The Labute approximate surface area is 134 Å². The number of carbonyl (C=O) groups excluding carboxylic acids is 1. The molecule has 1 amide bonds. The predicted octanol–water partition coefficient (Wildman–Crippen LogP) is 1.75. The zero-order valence-electron chi connectivity index (χ0n) is 11.9. The SMILES string of the molecule is Nc1ccc(O)cc1[N+](=O)[O-].O=CNc1ccc(O)cc1[N+](=O)[O-]. The largest absolute Gasteiger partial charge is 0.508 e. The van der Waals surface area contributed by atoms with E-state index in [9.17, 15) is 25.0 Å². The summed E-state index contributed by atoms with van der Waals surface area (Å²) in [5.74, 6) is -0.381. The molecule has 0 radical (unpaired) electrons. The Morgan fingerprint density at radius 1 is 0.958 bits per heavy atom. The minimum Gasteiger partial charge on any atom is -0.508 e. The summed E-state index contributed by atoms with van der Waals surface area (Å²) in [5.41, 5.74) is 4.73. The second kappa shape index (κ2) is 7.93. The number of carbonyl (C=O) groups is 1. The second-order valence-corrected chi connectivity index (χ2v) is 4.22. The molecule has 0 aliphatic carbocycles. The average molecular weight is 336 g/mol. The summed E-state index contributed by atoms with van der Waals surface area (Å²) in [4.78, 5) is 29.3. The number of nitrogens with one attached hydrogen (secondary N) is 1. The van der Waals surface area contributed by atoms with Gasteiger partial charge in [-0.15, -0.1) is 0 Å². The number of nitro groups is 2. The van der Waals surface area contributed by atoms with Crippen molar-refractivity contribution in [2.75, 3.05) is 11.1 Å². The van der Waals surface area contributed by atoms with E-state index in [2.05, 4.69) is 5.32 Å². The third kappa shape index (κ3) is 4.84. The van der Waals surface area contributed by atoms with Crippen molar-refractivity contribution < 1.29 is 24.9 Å². The number of nitrogen functional groups attached to an aromatic ring is 1. The molecule has 0 saturated carbocycles. The first kappa shape index (κ1) is 18.2. The molecule has 0 bridgehead atoms. The molecule has 0 aromatic heterocycles. The van der Waals surface area contributed by atoms with Crippen molar-refractivity contribution in [1.29, 1.82) is 0 Å². The van der Waals surface area contributed by atoms with Crippen LogP contribution in [0.15, 0.2) is 36.4 Å². The molecule has 11 heteroatoms. The van der Waals surface area contributed by atoms with E-state index in [1.165, 1.54) is 24.3 Å². The van der Waals surface area contributed by atoms with Gasteiger partial charge in [-0.05, 0) is 24.3 Å². The lowest BCUT2D eigenvalue weighted by atomic mass is 10.2. The second-order valence-electron chi connectivity index (χ2n) is 4.22. The van der Waals surface area contributed by atoms with Crippen LogP contribution in [0.1, 0.15) is 0 Å². The van der Waals surface area contributed by atoms with E-state index in [0.29, 0.717) is 6.41 Å². The number of nitrogens with two attached hydrogens (primary N) is 1. The molecule has 0 fully saturated rings. The van der Waals surface area contributed by atoms with Crippen LogP contribution in [0.2, 0.25) is 0 Å². The predicted molar refractivity (Wildman–Crippen MR) is 83.6 cm³/mol. The minimum atomic E-state index is -0.689. The molecular weight excluding hydrogens is 324 g/mol. The number of amides is 1. The van der Waals surface area contributed by atoms with Crippen molar-refractivity contribution in [3.8, 4) is 11.5 Å². The summed E-state index contributed by atoms with van der Waals surface area (Å²) in [5, 5.41) is 40.5. The molecule has 2 rings (SSSR count). The van der Waals surface area contributed by atoms with E-state index in [1.54, 1.807) is 0 Å². The van der Waals surface area contributed by atoms with Crippen molar-refractivity contribution >= 4 is 29.2 Å². The lowest BCUT2D eigenvalue weighted by molar-refractivity contribution is -0.384. The summed E-state index contributed by atoms with van der Waals surface area (Å²) >= 11 is 0. The van der Waals surface area contributed by atoms with E-state index in [0.717, 1.165) is 12.1 Å². The van der Waals surface area contributed by atoms with Crippen LogP contribution in [0.3, 0.4) is 0 Å². The number of phenolic OH excluding ortho intramolecular Hbond substituents is 2. The first-order valence-electron chi connectivity index (χ1n) is 6.16. The Balaban J connectivity index is 0.000000243. The van der Waals surface area contributed by atoms with Gasteiger partial charge in [-0.3, -0.25) is 25.0 Å². The van der Waals surface area contributed by atoms with Crippen LogP contribution in [-0.2, 0) is 4.79 Å². The first-order chi connectivity index (χ1) is 11.3. The van der Waals surface area contributed by atoms with Crippen molar-refractivity contribution in [1.82, 2.24) is 0 Å². The van der Waals surface area contributed by atoms with Crippen molar-refractivity contribution in [3.05, 3.63) is 56.6 Å². The van der Waals surface area contributed by atoms with Crippen molar-refractivity contribution in [2.45, 2.75) is 0 Å². The van der Waals surface area contributed by atoms with Gasteiger partial charge >= 0.3 is 0 Å². The topological polar surface area (TPSA) is 182 Å². The number of nitrogens with zero attached hydrogens (tertiary/aromatic N) is 2. The molecule has 126 valence electrons. The monoisotopic (exact) mass is 336 g/mol. The van der Waals surface area contributed by atoms with Gasteiger partial charge in [0.25, 0.3) is 11.4 Å². The van der Waals surface area contributed by atoms with Crippen molar-refractivity contribution in [2.24, 2.45) is 0 Å². The van der Waals surface area contributed by atoms with Gasteiger partial charge in [-0.25, -0.2) is 0 Å². The van der Waals surface area contributed by atoms with Gasteiger partial charge in [0.15, 0.2) is 0 Å². The molecule has 24 heavy (non-hydrogen) atoms. The number of aromatic hydroxyl groups is 2. The van der Waals surface area contributed by atoms with Gasteiger partial charge in [-0.2, -0.15) is 0 Å². The van der Waals surface area contributed by atoms with Crippen LogP contribution in [0.5, 0.6) is 11.5 Å². The molecule has 11 nitrogen and oxygen atoms in total. The molecule has 0 saturated heterocycles. The third-order valence-corrected chi connectivity index (χ3v) is 2.60. The van der Waals surface area contributed by atoms with Gasteiger partial charge in [0, 0.05) is 0 Å². The number of hydrogen-bond acceptors (Lipinski definition) is 8. The fourth-order valence-electron chi connectivity index (χ4n) is 1.55. The van der Waals surface area contributed by atoms with Gasteiger partial charge in [-0.1, -0.05) is 0 Å². The summed E-state index contributed by atoms with van der Waals surface area (Å²) in [7, 11) is 0. The maximum absolute atomic E-state index is 10.4. The number of phenols is 2. The van der Waals surface area contributed by atoms with E-state index < -0.39 is 9.85 Å². The Hall–Kier alpha value is -3.89. The van der Waals surface area contributed by atoms with Gasteiger partial charge < -0.3 is 21.3 Å².